The SMILES string of the molecule is CC(=O)N1CCC[C@@H]1C(=O)N1CCCN(C2CC2)CC1.Oc1cccc(F)c1. The van der Waals surface area contributed by atoms with E-state index in [1.165, 1.54) is 31.0 Å². The molecule has 2 heterocycles. The predicted octanol–water partition coefficient (Wildman–Crippen LogP) is 2.23. The highest BCUT2D eigenvalue weighted by molar-refractivity contribution is 5.87. The molecular weight excluding hydrogens is 361 g/mol. The molecule has 1 aromatic carbocycles. The molecule has 3 fully saturated rings. The van der Waals surface area contributed by atoms with Crippen molar-refractivity contribution in [1.82, 2.24) is 14.7 Å². The van der Waals surface area contributed by atoms with E-state index in [0.717, 1.165) is 64.1 Å². The summed E-state index contributed by atoms with van der Waals surface area (Å²) in [7, 11) is 0. The van der Waals surface area contributed by atoms with E-state index in [0.29, 0.717) is 0 Å². The number of likely N-dealkylation sites (tertiary alicyclic amines) is 1. The van der Waals surface area contributed by atoms with Gasteiger partial charge >= 0.3 is 0 Å². The number of phenolic OH excluding ortho intramolecular Hbond substituents is 1. The molecule has 28 heavy (non-hydrogen) atoms. The number of aromatic hydroxyl groups is 1. The van der Waals surface area contributed by atoms with Gasteiger partial charge in [-0.1, -0.05) is 6.07 Å². The normalized spacial score (nSPS) is 23.0. The first-order chi connectivity index (χ1) is 13.5. The number of hydrogen-bond donors (Lipinski definition) is 1. The largest absolute Gasteiger partial charge is 0.508 e. The van der Waals surface area contributed by atoms with Gasteiger partial charge in [0.2, 0.25) is 11.8 Å². The highest BCUT2D eigenvalue weighted by Gasteiger charge is 2.36. The van der Waals surface area contributed by atoms with Crippen molar-refractivity contribution in [3.63, 3.8) is 0 Å². The van der Waals surface area contributed by atoms with Gasteiger partial charge in [-0.3, -0.25) is 14.5 Å². The topological polar surface area (TPSA) is 64.1 Å². The Balaban J connectivity index is 0.000000236. The summed E-state index contributed by atoms with van der Waals surface area (Å²) < 4.78 is 12.0. The zero-order valence-corrected chi connectivity index (χ0v) is 16.5. The third-order valence-corrected chi connectivity index (χ3v) is 5.66. The molecule has 3 aliphatic rings. The van der Waals surface area contributed by atoms with Crippen LogP contribution in [0, 0.1) is 5.82 Å². The molecule has 0 spiro atoms. The second kappa shape index (κ2) is 9.37. The third kappa shape index (κ3) is 5.44. The number of halogens is 1. The van der Waals surface area contributed by atoms with Gasteiger partial charge < -0.3 is 14.9 Å². The Bertz CT molecular complexity index is 678. The quantitative estimate of drug-likeness (QED) is 0.840. The number of carbonyl (C=O) groups is 2. The molecule has 1 saturated carbocycles. The first-order valence-corrected chi connectivity index (χ1v) is 10.2. The first kappa shape index (κ1) is 20.6. The minimum Gasteiger partial charge on any atom is -0.508 e. The average Bonchev–Trinajstić information content (AvgIpc) is 3.41. The van der Waals surface area contributed by atoms with E-state index in [9.17, 15) is 14.0 Å². The van der Waals surface area contributed by atoms with Gasteiger partial charge in [0.15, 0.2) is 0 Å². The number of nitrogens with zero attached hydrogens (tertiary/aromatic N) is 3. The zero-order valence-electron chi connectivity index (χ0n) is 16.5. The van der Waals surface area contributed by atoms with Crippen molar-refractivity contribution in [2.24, 2.45) is 0 Å². The fourth-order valence-corrected chi connectivity index (χ4v) is 4.05. The van der Waals surface area contributed by atoms with Crippen molar-refractivity contribution >= 4 is 11.8 Å². The minimum atomic E-state index is -0.412. The number of benzene rings is 1. The van der Waals surface area contributed by atoms with Gasteiger partial charge in [0.25, 0.3) is 0 Å². The van der Waals surface area contributed by atoms with Crippen LogP contribution < -0.4 is 0 Å². The Morgan fingerprint density at radius 3 is 2.43 bits per heavy atom. The number of carbonyl (C=O) groups excluding carboxylic acids is 2. The molecule has 0 aromatic heterocycles. The molecule has 2 amide bonds. The summed E-state index contributed by atoms with van der Waals surface area (Å²) in [5, 5.41) is 8.57. The van der Waals surface area contributed by atoms with E-state index in [-0.39, 0.29) is 23.6 Å². The lowest BCUT2D eigenvalue weighted by Gasteiger charge is -2.29. The molecule has 1 aromatic rings. The van der Waals surface area contributed by atoms with Crippen molar-refractivity contribution < 1.29 is 19.1 Å². The molecule has 0 radical (unpaired) electrons. The lowest BCUT2D eigenvalue weighted by atomic mass is 10.2. The average molecular weight is 391 g/mol. The standard InChI is InChI=1S/C15H25N3O2.C6H5FO/c1-12(19)18-9-2-4-14(18)15(20)17-8-3-7-16(10-11-17)13-5-6-13;7-5-2-1-3-6(8)4-5/h13-14H,2-11H2,1H3;1-4,8H/t14-;/m1./s1. The number of amides is 2. The van der Waals surface area contributed by atoms with Gasteiger partial charge in [0, 0.05) is 51.8 Å². The Labute approximate surface area is 165 Å². The maximum absolute atomic E-state index is 12.7. The van der Waals surface area contributed by atoms with Gasteiger partial charge in [-0.2, -0.15) is 0 Å². The van der Waals surface area contributed by atoms with E-state index < -0.39 is 5.82 Å². The van der Waals surface area contributed by atoms with Crippen LogP contribution in [0.15, 0.2) is 24.3 Å². The van der Waals surface area contributed by atoms with Gasteiger partial charge in [-0.25, -0.2) is 4.39 Å². The molecule has 1 N–H and O–H groups in total. The Hall–Kier alpha value is -2.15. The monoisotopic (exact) mass is 391 g/mol. The van der Waals surface area contributed by atoms with Crippen molar-refractivity contribution in [3.8, 4) is 5.75 Å². The van der Waals surface area contributed by atoms with Gasteiger partial charge in [-0.05, 0) is 44.2 Å². The lowest BCUT2D eigenvalue weighted by molar-refractivity contribution is -0.142. The molecule has 0 unspecified atom stereocenters. The van der Waals surface area contributed by atoms with Crippen LogP contribution >= 0.6 is 0 Å². The first-order valence-electron chi connectivity index (χ1n) is 10.2. The molecule has 7 heteroatoms. The molecule has 154 valence electrons. The Kier molecular flexibility index (Phi) is 6.88. The van der Waals surface area contributed by atoms with Gasteiger partial charge in [0.1, 0.15) is 17.6 Å². The molecule has 2 saturated heterocycles. The number of hydrogen-bond acceptors (Lipinski definition) is 4. The maximum Gasteiger partial charge on any atom is 0.245 e. The van der Waals surface area contributed by atoms with Crippen LogP contribution in [0.3, 0.4) is 0 Å². The summed E-state index contributed by atoms with van der Waals surface area (Å²) in [5.74, 6) is -0.236. The fourth-order valence-electron chi connectivity index (χ4n) is 4.05. The summed E-state index contributed by atoms with van der Waals surface area (Å²) in [6.07, 6.45) is 5.51. The van der Waals surface area contributed by atoms with Crippen molar-refractivity contribution in [3.05, 3.63) is 30.1 Å². The van der Waals surface area contributed by atoms with Crippen molar-refractivity contribution in [2.45, 2.75) is 51.1 Å². The van der Waals surface area contributed by atoms with E-state index in [1.807, 2.05) is 4.90 Å². The van der Waals surface area contributed by atoms with E-state index in [1.54, 1.807) is 11.8 Å². The van der Waals surface area contributed by atoms with Crippen LogP contribution in [0.25, 0.3) is 0 Å². The predicted molar refractivity (Wildman–Crippen MR) is 104 cm³/mol. The van der Waals surface area contributed by atoms with Crippen LogP contribution in [-0.2, 0) is 9.59 Å². The molecule has 4 rings (SSSR count). The second-order valence-electron chi connectivity index (χ2n) is 7.80. The Morgan fingerprint density at radius 2 is 1.82 bits per heavy atom. The molecular formula is C21H30FN3O3. The summed E-state index contributed by atoms with van der Waals surface area (Å²) in [6.45, 7) is 6.12. The zero-order chi connectivity index (χ0) is 20.1. The molecule has 0 bridgehead atoms. The minimum absolute atomic E-state index is 0.0370. The molecule has 1 aliphatic carbocycles. The van der Waals surface area contributed by atoms with Crippen LogP contribution in [0.4, 0.5) is 4.39 Å². The van der Waals surface area contributed by atoms with E-state index in [4.69, 9.17) is 5.11 Å². The lowest BCUT2D eigenvalue weighted by Crippen LogP contribution is -2.48. The van der Waals surface area contributed by atoms with Crippen molar-refractivity contribution in [1.29, 1.82) is 0 Å². The van der Waals surface area contributed by atoms with Gasteiger partial charge in [0.05, 0.1) is 0 Å². The smallest absolute Gasteiger partial charge is 0.245 e. The van der Waals surface area contributed by atoms with E-state index >= 15 is 0 Å². The van der Waals surface area contributed by atoms with Crippen LogP contribution in [0.2, 0.25) is 0 Å². The summed E-state index contributed by atoms with van der Waals surface area (Å²) in [4.78, 5) is 30.6. The van der Waals surface area contributed by atoms with Crippen molar-refractivity contribution in [2.75, 3.05) is 32.7 Å². The summed E-state index contributed by atoms with van der Waals surface area (Å²) in [5.41, 5.74) is 0. The maximum atomic E-state index is 12.7. The van der Waals surface area contributed by atoms with Crippen LogP contribution in [0.1, 0.15) is 39.0 Å². The Morgan fingerprint density at radius 1 is 1.04 bits per heavy atom. The van der Waals surface area contributed by atoms with Crippen LogP contribution in [0.5, 0.6) is 5.75 Å². The summed E-state index contributed by atoms with van der Waals surface area (Å²) >= 11 is 0. The van der Waals surface area contributed by atoms with Gasteiger partial charge in [-0.15, -0.1) is 0 Å². The van der Waals surface area contributed by atoms with E-state index in [2.05, 4.69) is 4.90 Å². The highest BCUT2D eigenvalue weighted by Crippen LogP contribution is 2.28. The molecule has 2 aliphatic heterocycles. The summed E-state index contributed by atoms with van der Waals surface area (Å²) in [6, 6.07) is 5.79. The number of rotatable bonds is 2. The fraction of sp³-hybridized carbons (Fsp3) is 0.619. The van der Waals surface area contributed by atoms with Crippen LogP contribution in [-0.4, -0.2) is 76.4 Å². The molecule has 1 atom stereocenters. The second-order valence-corrected chi connectivity index (χ2v) is 7.80. The molecule has 6 nitrogen and oxygen atoms in total. The highest BCUT2D eigenvalue weighted by atomic mass is 19.1. The third-order valence-electron chi connectivity index (χ3n) is 5.66. The number of phenols is 1.